The van der Waals surface area contributed by atoms with Crippen LogP contribution in [0.25, 0.3) is 0 Å². The lowest BCUT2D eigenvalue weighted by atomic mass is 9.78. The quantitative estimate of drug-likeness (QED) is 0.847. The van der Waals surface area contributed by atoms with E-state index < -0.39 is 5.41 Å². The van der Waals surface area contributed by atoms with E-state index in [2.05, 4.69) is 0 Å². The van der Waals surface area contributed by atoms with Crippen LogP contribution in [0.3, 0.4) is 0 Å². The van der Waals surface area contributed by atoms with Crippen molar-refractivity contribution in [2.75, 3.05) is 26.9 Å². The number of benzene rings is 1. The number of methoxy groups -OCH3 is 1. The third-order valence-corrected chi connectivity index (χ3v) is 3.76. The molecule has 0 bridgehead atoms. The fourth-order valence-corrected chi connectivity index (χ4v) is 2.14. The van der Waals surface area contributed by atoms with Gasteiger partial charge in [-0.1, -0.05) is 11.6 Å². The van der Waals surface area contributed by atoms with Crippen LogP contribution in [0.1, 0.15) is 15.9 Å². The first-order valence-electron chi connectivity index (χ1n) is 5.71. The van der Waals surface area contributed by atoms with Crippen molar-refractivity contribution in [1.29, 1.82) is 0 Å². The molecular formula is C13H16ClNO3. The highest BCUT2D eigenvalue weighted by Gasteiger charge is 2.45. The Labute approximate surface area is 111 Å². The molecule has 0 aromatic heterocycles. The van der Waals surface area contributed by atoms with E-state index in [0.717, 1.165) is 5.56 Å². The lowest BCUT2D eigenvalue weighted by molar-refractivity contribution is -0.0816. The number of halogens is 1. The minimum absolute atomic E-state index is 0.0602. The smallest absolute Gasteiger partial charge is 0.178 e. The normalized spacial score (nSPS) is 17.1. The molecule has 4 nitrogen and oxygen atoms in total. The zero-order valence-electron chi connectivity index (χ0n) is 10.5. The van der Waals surface area contributed by atoms with Crippen molar-refractivity contribution in [3.05, 3.63) is 28.3 Å². The van der Waals surface area contributed by atoms with E-state index >= 15 is 0 Å². The Kier molecular flexibility index (Phi) is 3.61. The molecule has 98 valence electrons. The average molecular weight is 270 g/mol. The Morgan fingerprint density at radius 1 is 1.56 bits per heavy atom. The molecule has 0 spiro atoms. The van der Waals surface area contributed by atoms with Crippen molar-refractivity contribution in [2.24, 2.45) is 11.1 Å². The molecule has 1 aliphatic heterocycles. The van der Waals surface area contributed by atoms with Gasteiger partial charge in [0.15, 0.2) is 5.78 Å². The number of carbonyl (C=O) groups is 1. The van der Waals surface area contributed by atoms with E-state index in [1.54, 1.807) is 12.1 Å². The van der Waals surface area contributed by atoms with Crippen molar-refractivity contribution in [3.8, 4) is 5.75 Å². The van der Waals surface area contributed by atoms with E-state index in [-0.39, 0.29) is 12.3 Å². The molecule has 1 aromatic rings. The lowest BCUT2D eigenvalue weighted by Crippen LogP contribution is -2.54. The minimum atomic E-state index is -0.619. The Morgan fingerprint density at radius 2 is 2.22 bits per heavy atom. The Hall–Kier alpha value is -1.10. The second-order valence-electron chi connectivity index (χ2n) is 4.61. The van der Waals surface area contributed by atoms with Crippen molar-refractivity contribution in [1.82, 2.24) is 0 Å². The molecule has 1 aromatic carbocycles. The van der Waals surface area contributed by atoms with Crippen LogP contribution in [0.5, 0.6) is 5.75 Å². The summed E-state index contributed by atoms with van der Waals surface area (Å²) < 4.78 is 10.4. The van der Waals surface area contributed by atoms with Crippen LogP contribution in [0.2, 0.25) is 5.02 Å². The summed E-state index contributed by atoms with van der Waals surface area (Å²) in [6.45, 7) is 2.85. The molecule has 1 fully saturated rings. The molecule has 2 N–H and O–H groups in total. The van der Waals surface area contributed by atoms with Gasteiger partial charge in [0, 0.05) is 11.6 Å². The standard InChI is InChI=1S/C13H16ClNO3/c1-8-3-11(17-2)9(4-10(8)14)12(16)13(5-15)6-18-7-13/h3-4H,5-7,15H2,1-2H3. The molecule has 1 heterocycles. The van der Waals surface area contributed by atoms with Crippen molar-refractivity contribution < 1.29 is 14.3 Å². The van der Waals surface area contributed by atoms with Gasteiger partial charge in [-0.05, 0) is 24.6 Å². The van der Waals surface area contributed by atoms with E-state index in [4.69, 9.17) is 26.8 Å². The van der Waals surface area contributed by atoms with Gasteiger partial charge >= 0.3 is 0 Å². The number of ketones is 1. The first kappa shape index (κ1) is 13.3. The molecule has 0 unspecified atom stereocenters. The highest BCUT2D eigenvalue weighted by molar-refractivity contribution is 6.32. The van der Waals surface area contributed by atoms with E-state index in [1.807, 2.05) is 6.92 Å². The number of Topliss-reactive ketones (excluding diaryl/α,β-unsaturated/α-hetero) is 1. The zero-order chi connectivity index (χ0) is 13.3. The minimum Gasteiger partial charge on any atom is -0.496 e. The number of hydrogen-bond donors (Lipinski definition) is 1. The van der Waals surface area contributed by atoms with Gasteiger partial charge in [0.25, 0.3) is 0 Å². The van der Waals surface area contributed by atoms with Crippen LogP contribution < -0.4 is 10.5 Å². The molecular weight excluding hydrogens is 254 g/mol. The van der Waals surface area contributed by atoms with Gasteiger partial charge in [0.2, 0.25) is 0 Å². The van der Waals surface area contributed by atoms with Gasteiger partial charge in [-0.3, -0.25) is 4.79 Å². The van der Waals surface area contributed by atoms with Crippen LogP contribution in [0, 0.1) is 12.3 Å². The van der Waals surface area contributed by atoms with Crippen molar-refractivity contribution >= 4 is 17.4 Å². The Morgan fingerprint density at radius 3 is 2.67 bits per heavy atom. The summed E-state index contributed by atoms with van der Waals surface area (Å²) in [5, 5.41) is 0.548. The van der Waals surface area contributed by atoms with Crippen LogP contribution in [0.15, 0.2) is 12.1 Å². The van der Waals surface area contributed by atoms with Gasteiger partial charge in [0.1, 0.15) is 5.75 Å². The lowest BCUT2D eigenvalue weighted by Gasteiger charge is -2.39. The molecule has 0 radical (unpaired) electrons. The third-order valence-electron chi connectivity index (χ3n) is 3.35. The number of ether oxygens (including phenoxy) is 2. The summed E-state index contributed by atoms with van der Waals surface area (Å²) in [7, 11) is 1.53. The first-order chi connectivity index (χ1) is 8.54. The number of aryl methyl sites for hydroxylation is 1. The van der Waals surface area contributed by atoms with Crippen LogP contribution in [-0.4, -0.2) is 32.7 Å². The molecule has 1 saturated heterocycles. The molecule has 1 aliphatic rings. The largest absolute Gasteiger partial charge is 0.496 e. The fraction of sp³-hybridized carbons (Fsp3) is 0.462. The number of hydrogen-bond acceptors (Lipinski definition) is 4. The van der Waals surface area contributed by atoms with Crippen LogP contribution in [0.4, 0.5) is 0 Å². The molecule has 18 heavy (non-hydrogen) atoms. The maximum absolute atomic E-state index is 12.5. The monoisotopic (exact) mass is 269 g/mol. The maximum atomic E-state index is 12.5. The summed E-state index contributed by atoms with van der Waals surface area (Å²) in [6, 6.07) is 3.41. The average Bonchev–Trinajstić information content (AvgIpc) is 2.31. The summed E-state index contributed by atoms with van der Waals surface area (Å²) in [4.78, 5) is 12.5. The highest BCUT2D eigenvalue weighted by atomic mass is 35.5. The second-order valence-corrected chi connectivity index (χ2v) is 5.02. The predicted octanol–water partition coefficient (Wildman–Crippen LogP) is 1.82. The summed E-state index contributed by atoms with van der Waals surface area (Å²) in [5.74, 6) is 0.469. The van der Waals surface area contributed by atoms with E-state index in [1.165, 1.54) is 7.11 Å². The fourth-order valence-electron chi connectivity index (χ4n) is 1.98. The summed E-state index contributed by atoms with van der Waals surface area (Å²) in [6.07, 6.45) is 0. The van der Waals surface area contributed by atoms with E-state index in [0.29, 0.717) is 29.5 Å². The molecule has 2 rings (SSSR count). The van der Waals surface area contributed by atoms with Crippen LogP contribution >= 0.6 is 11.6 Å². The highest BCUT2D eigenvalue weighted by Crippen LogP contribution is 2.35. The zero-order valence-corrected chi connectivity index (χ0v) is 11.2. The summed E-state index contributed by atoms with van der Waals surface area (Å²) >= 11 is 6.07. The number of carbonyl (C=O) groups excluding carboxylic acids is 1. The van der Waals surface area contributed by atoms with Crippen LogP contribution in [-0.2, 0) is 4.74 Å². The van der Waals surface area contributed by atoms with Gasteiger partial charge in [-0.25, -0.2) is 0 Å². The van der Waals surface area contributed by atoms with Gasteiger partial charge in [-0.15, -0.1) is 0 Å². The molecule has 0 aliphatic carbocycles. The Bertz CT molecular complexity index is 478. The topological polar surface area (TPSA) is 61.5 Å². The SMILES string of the molecule is COc1cc(C)c(Cl)cc1C(=O)C1(CN)COC1. The predicted molar refractivity (Wildman–Crippen MR) is 69.4 cm³/mol. The Balaban J connectivity index is 2.44. The van der Waals surface area contributed by atoms with E-state index in [9.17, 15) is 4.79 Å². The summed E-state index contributed by atoms with van der Waals surface area (Å²) in [5.41, 5.74) is 6.42. The van der Waals surface area contributed by atoms with Gasteiger partial charge in [0.05, 0.1) is 31.3 Å². The third kappa shape index (κ3) is 2.00. The maximum Gasteiger partial charge on any atom is 0.178 e. The number of nitrogens with two attached hydrogens (primary N) is 1. The second kappa shape index (κ2) is 4.88. The van der Waals surface area contributed by atoms with Gasteiger partial charge in [-0.2, -0.15) is 0 Å². The molecule has 0 atom stereocenters. The van der Waals surface area contributed by atoms with Crippen molar-refractivity contribution in [2.45, 2.75) is 6.92 Å². The van der Waals surface area contributed by atoms with Crippen molar-refractivity contribution in [3.63, 3.8) is 0 Å². The molecule has 0 saturated carbocycles. The first-order valence-corrected chi connectivity index (χ1v) is 6.08. The molecule has 0 amide bonds. The number of rotatable bonds is 4. The molecule has 5 heteroatoms. The van der Waals surface area contributed by atoms with Gasteiger partial charge < -0.3 is 15.2 Å².